The first-order chi connectivity index (χ1) is 9.86. The molecule has 0 aromatic heterocycles. The molecule has 116 valence electrons. The van der Waals surface area contributed by atoms with E-state index < -0.39 is 48.2 Å². The lowest BCUT2D eigenvalue weighted by molar-refractivity contribution is -0.150. The third-order valence-corrected chi connectivity index (χ3v) is 3.92. The van der Waals surface area contributed by atoms with Gasteiger partial charge in [-0.15, -0.1) is 0 Å². The predicted molar refractivity (Wildman–Crippen MR) is 64.6 cm³/mol. The molecule has 3 amide bonds. The third kappa shape index (κ3) is 2.17. The fraction of sp³-hybridized carbons (Fsp3) is 0.750. The van der Waals surface area contributed by atoms with Crippen LogP contribution in [0.1, 0.15) is 20.3 Å². The van der Waals surface area contributed by atoms with Gasteiger partial charge >= 0.3 is 12.0 Å². The number of hydrogen-bond donors (Lipinski definition) is 2. The van der Waals surface area contributed by atoms with Crippen LogP contribution >= 0.6 is 0 Å². The summed E-state index contributed by atoms with van der Waals surface area (Å²) >= 11 is 0. The van der Waals surface area contributed by atoms with Crippen molar-refractivity contribution in [2.24, 2.45) is 0 Å². The number of esters is 1. The lowest BCUT2D eigenvalue weighted by Crippen LogP contribution is -2.59. The van der Waals surface area contributed by atoms with Gasteiger partial charge in [0.25, 0.3) is 5.91 Å². The van der Waals surface area contributed by atoms with Gasteiger partial charge in [-0.25, -0.2) is 4.79 Å². The fourth-order valence-electron chi connectivity index (χ4n) is 2.73. The van der Waals surface area contributed by atoms with Crippen molar-refractivity contribution in [3.8, 4) is 0 Å². The number of carbonyl (C=O) groups is 3. The van der Waals surface area contributed by atoms with Crippen molar-refractivity contribution >= 4 is 17.9 Å². The van der Waals surface area contributed by atoms with Crippen molar-refractivity contribution in [2.45, 2.75) is 50.5 Å². The van der Waals surface area contributed by atoms with Gasteiger partial charge in [-0.05, 0) is 6.92 Å². The van der Waals surface area contributed by atoms with Crippen LogP contribution < -0.4 is 5.32 Å². The largest absolute Gasteiger partial charge is 0.460 e. The van der Waals surface area contributed by atoms with E-state index in [9.17, 15) is 19.5 Å². The van der Waals surface area contributed by atoms with Crippen LogP contribution in [0.3, 0.4) is 0 Å². The van der Waals surface area contributed by atoms with E-state index in [1.165, 1.54) is 11.8 Å². The molecule has 0 unspecified atom stereocenters. The average Bonchev–Trinajstić information content (AvgIpc) is 2.93. The standard InChI is InChI=1S/C12H16N2O7/c1-5(16)19-6-3-8(20-7(6)4-15)14-10-12(2,21-10)9(17)13-11(14)18/h6-8,10,15H,3-4H2,1-2H3,(H,13,17,18)/t6-,7+,8+,10-,12-/m0/s1. The Kier molecular flexibility index (Phi) is 3.15. The summed E-state index contributed by atoms with van der Waals surface area (Å²) in [5, 5.41) is 11.5. The number of rotatable bonds is 3. The number of aliphatic hydroxyl groups is 1. The van der Waals surface area contributed by atoms with Crippen LogP contribution in [0.5, 0.6) is 0 Å². The molecule has 2 N–H and O–H groups in total. The van der Waals surface area contributed by atoms with Gasteiger partial charge in [0.05, 0.1) is 6.61 Å². The lowest BCUT2D eigenvalue weighted by Gasteiger charge is -2.30. The molecule has 3 heterocycles. The summed E-state index contributed by atoms with van der Waals surface area (Å²) in [5.41, 5.74) is -1.06. The van der Waals surface area contributed by atoms with E-state index in [0.717, 1.165) is 0 Å². The fourth-order valence-corrected chi connectivity index (χ4v) is 2.73. The number of imide groups is 1. The first-order valence-electron chi connectivity index (χ1n) is 6.62. The molecule has 3 saturated heterocycles. The van der Waals surface area contributed by atoms with E-state index in [1.54, 1.807) is 6.92 Å². The number of aliphatic hydroxyl groups excluding tert-OH is 1. The summed E-state index contributed by atoms with van der Waals surface area (Å²) in [6.07, 6.45) is -2.57. The normalized spacial score (nSPS) is 41.6. The Hall–Kier alpha value is -1.71. The first-order valence-corrected chi connectivity index (χ1v) is 6.62. The number of epoxide rings is 1. The van der Waals surface area contributed by atoms with Crippen molar-refractivity contribution in [1.29, 1.82) is 0 Å². The summed E-state index contributed by atoms with van der Waals surface area (Å²) in [5.74, 6) is -0.976. The second-order valence-electron chi connectivity index (χ2n) is 5.44. The van der Waals surface area contributed by atoms with Gasteiger partial charge in [0.2, 0.25) is 0 Å². The van der Waals surface area contributed by atoms with Gasteiger partial charge < -0.3 is 19.3 Å². The van der Waals surface area contributed by atoms with E-state index in [1.807, 2.05) is 0 Å². The van der Waals surface area contributed by atoms with Crippen LogP contribution in [0, 0.1) is 0 Å². The highest BCUT2D eigenvalue weighted by atomic mass is 16.7. The van der Waals surface area contributed by atoms with E-state index in [0.29, 0.717) is 0 Å². The highest BCUT2D eigenvalue weighted by Crippen LogP contribution is 2.44. The molecule has 21 heavy (non-hydrogen) atoms. The number of urea groups is 1. The lowest BCUT2D eigenvalue weighted by atomic mass is 10.1. The molecule has 0 spiro atoms. The van der Waals surface area contributed by atoms with Crippen LogP contribution in [0.4, 0.5) is 4.79 Å². The quantitative estimate of drug-likeness (QED) is 0.491. The van der Waals surface area contributed by atoms with Gasteiger partial charge in [0, 0.05) is 13.3 Å². The van der Waals surface area contributed by atoms with Crippen molar-refractivity contribution in [3.63, 3.8) is 0 Å². The predicted octanol–water partition coefficient (Wildman–Crippen LogP) is -1.31. The van der Waals surface area contributed by atoms with Crippen molar-refractivity contribution in [2.75, 3.05) is 6.61 Å². The number of ether oxygens (including phenoxy) is 3. The Balaban J connectivity index is 1.74. The highest BCUT2D eigenvalue weighted by molar-refractivity contribution is 6.03. The Labute approximate surface area is 120 Å². The van der Waals surface area contributed by atoms with Crippen LogP contribution in [0.2, 0.25) is 0 Å². The zero-order valence-corrected chi connectivity index (χ0v) is 11.6. The maximum Gasteiger partial charge on any atom is 0.328 e. The average molecular weight is 300 g/mol. The summed E-state index contributed by atoms with van der Waals surface area (Å²) in [7, 11) is 0. The third-order valence-electron chi connectivity index (χ3n) is 3.92. The topological polar surface area (TPSA) is 118 Å². The number of nitrogens with zero attached hydrogens (tertiary/aromatic N) is 1. The minimum Gasteiger partial charge on any atom is -0.460 e. The molecule has 0 radical (unpaired) electrons. The zero-order valence-electron chi connectivity index (χ0n) is 11.6. The molecule has 3 fully saturated rings. The van der Waals surface area contributed by atoms with E-state index in [4.69, 9.17) is 14.2 Å². The summed E-state index contributed by atoms with van der Waals surface area (Å²) < 4.78 is 15.9. The number of nitrogens with one attached hydrogen (secondary N) is 1. The van der Waals surface area contributed by atoms with Crippen molar-refractivity contribution < 1.29 is 33.7 Å². The van der Waals surface area contributed by atoms with E-state index in [2.05, 4.69) is 5.32 Å². The molecule has 0 aromatic rings. The first kappa shape index (κ1) is 14.2. The molecule has 9 nitrogen and oxygen atoms in total. The summed E-state index contributed by atoms with van der Waals surface area (Å²) in [6.45, 7) is 2.50. The molecule has 9 heteroatoms. The monoisotopic (exact) mass is 300 g/mol. The number of carbonyl (C=O) groups excluding carboxylic acids is 3. The number of fused-ring (bicyclic) bond motifs is 1. The molecule has 0 aliphatic carbocycles. The van der Waals surface area contributed by atoms with Crippen molar-refractivity contribution in [3.05, 3.63) is 0 Å². The number of hydrogen-bond acceptors (Lipinski definition) is 7. The van der Waals surface area contributed by atoms with Gasteiger partial charge in [-0.1, -0.05) is 0 Å². The van der Waals surface area contributed by atoms with E-state index in [-0.39, 0.29) is 13.0 Å². The Morgan fingerprint density at radius 1 is 1.57 bits per heavy atom. The summed E-state index contributed by atoms with van der Waals surface area (Å²) in [6, 6.07) is -0.620. The molecule has 5 atom stereocenters. The van der Waals surface area contributed by atoms with Crippen molar-refractivity contribution in [1.82, 2.24) is 10.2 Å². The molecule has 3 aliphatic heterocycles. The van der Waals surface area contributed by atoms with Crippen LogP contribution in [0.25, 0.3) is 0 Å². The molecule has 0 aromatic carbocycles. The maximum atomic E-state index is 12.0. The second kappa shape index (κ2) is 4.65. The van der Waals surface area contributed by atoms with E-state index >= 15 is 0 Å². The van der Waals surface area contributed by atoms with Gasteiger partial charge in [-0.3, -0.25) is 19.8 Å². The smallest absolute Gasteiger partial charge is 0.328 e. The SMILES string of the molecule is CC(=O)O[C@H]1C[C@H](N2C(=O)NC(=O)[C@]3(C)O[C@H]23)O[C@@H]1CO. The minimum absolute atomic E-state index is 0.211. The Morgan fingerprint density at radius 3 is 2.90 bits per heavy atom. The molecular weight excluding hydrogens is 284 g/mol. The van der Waals surface area contributed by atoms with Crippen LogP contribution in [-0.2, 0) is 23.8 Å². The molecule has 3 rings (SSSR count). The second-order valence-corrected chi connectivity index (χ2v) is 5.44. The van der Waals surface area contributed by atoms with Gasteiger partial charge in [-0.2, -0.15) is 0 Å². The molecule has 0 bridgehead atoms. The number of amides is 3. The molecule has 0 saturated carbocycles. The van der Waals surface area contributed by atoms with Gasteiger partial charge in [0.15, 0.2) is 11.8 Å². The minimum atomic E-state index is -1.06. The van der Waals surface area contributed by atoms with Gasteiger partial charge in [0.1, 0.15) is 18.4 Å². The van der Waals surface area contributed by atoms with Crippen LogP contribution in [0.15, 0.2) is 0 Å². The van der Waals surface area contributed by atoms with Crippen LogP contribution in [-0.4, -0.2) is 64.8 Å². The summed E-state index contributed by atoms with van der Waals surface area (Å²) in [4.78, 5) is 35.9. The molecular formula is C12H16N2O7. The zero-order chi connectivity index (χ0) is 15.4. The Morgan fingerprint density at radius 2 is 2.29 bits per heavy atom. The maximum absolute atomic E-state index is 12.0. The Bertz CT molecular complexity index is 510. The highest BCUT2D eigenvalue weighted by Gasteiger charge is 2.68. The molecule has 3 aliphatic rings.